The molecule has 2 aromatic rings. The predicted molar refractivity (Wildman–Crippen MR) is 67.3 cm³/mol. The fraction of sp³-hybridized carbons (Fsp3) is 0.429. The fourth-order valence-corrected chi connectivity index (χ4v) is 3.01. The first-order valence-electron chi connectivity index (χ1n) is 6.04. The molecule has 1 aromatic carbocycles. The van der Waals surface area contributed by atoms with E-state index in [2.05, 4.69) is 42.1 Å². The molecule has 1 aliphatic rings. The molecule has 0 spiro atoms. The Kier molecular flexibility index (Phi) is 2.08. The summed E-state index contributed by atoms with van der Waals surface area (Å²) in [6.45, 7) is 0. The van der Waals surface area contributed by atoms with Crippen LogP contribution in [-0.4, -0.2) is 4.57 Å². The van der Waals surface area contributed by atoms with E-state index in [0.717, 1.165) is 12.8 Å². The first-order chi connectivity index (χ1) is 7.71. The van der Waals surface area contributed by atoms with E-state index in [-0.39, 0.29) is 5.54 Å². The predicted octanol–water partition coefficient (Wildman–Crippen LogP) is 2.91. The number of nitrogens with zero attached hydrogens (tertiary/aromatic N) is 1. The Bertz CT molecular complexity index is 519. The first-order valence-corrected chi connectivity index (χ1v) is 6.04. The van der Waals surface area contributed by atoms with Crippen LogP contribution in [0.3, 0.4) is 0 Å². The Morgan fingerprint density at radius 2 is 1.88 bits per heavy atom. The van der Waals surface area contributed by atoms with Gasteiger partial charge in [0, 0.05) is 29.7 Å². The number of hydrogen-bond donors (Lipinski definition) is 1. The molecule has 1 fully saturated rings. The van der Waals surface area contributed by atoms with E-state index in [0.29, 0.717) is 0 Å². The summed E-state index contributed by atoms with van der Waals surface area (Å²) in [7, 11) is 2.10. The van der Waals surface area contributed by atoms with Crippen LogP contribution >= 0.6 is 0 Å². The van der Waals surface area contributed by atoms with Crippen molar-refractivity contribution in [3.05, 3.63) is 36.0 Å². The van der Waals surface area contributed by atoms with Gasteiger partial charge in [0.25, 0.3) is 0 Å². The van der Waals surface area contributed by atoms with Crippen LogP contribution < -0.4 is 5.73 Å². The van der Waals surface area contributed by atoms with Crippen LogP contribution in [0.25, 0.3) is 10.9 Å². The van der Waals surface area contributed by atoms with E-state index >= 15 is 0 Å². The monoisotopic (exact) mass is 214 g/mol. The van der Waals surface area contributed by atoms with Crippen LogP contribution in [0.4, 0.5) is 0 Å². The second-order valence-electron chi connectivity index (χ2n) is 5.03. The van der Waals surface area contributed by atoms with Gasteiger partial charge < -0.3 is 10.3 Å². The Morgan fingerprint density at radius 1 is 1.19 bits per heavy atom. The molecule has 2 N–H and O–H groups in total. The molecule has 1 aliphatic carbocycles. The molecule has 0 aliphatic heterocycles. The summed E-state index contributed by atoms with van der Waals surface area (Å²) in [5.74, 6) is 0. The number of nitrogens with two attached hydrogens (primary N) is 1. The van der Waals surface area contributed by atoms with E-state index in [1.165, 1.54) is 29.3 Å². The number of benzene rings is 1. The molecule has 0 bridgehead atoms. The summed E-state index contributed by atoms with van der Waals surface area (Å²) in [6, 6.07) is 8.54. The third-order valence-corrected chi connectivity index (χ3v) is 3.93. The second-order valence-corrected chi connectivity index (χ2v) is 5.03. The van der Waals surface area contributed by atoms with Gasteiger partial charge in [0.2, 0.25) is 0 Å². The van der Waals surface area contributed by atoms with Crippen molar-refractivity contribution in [2.75, 3.05) is 0 Å². The molecule has 1 saturated carbocycles. The highest BCUT2D eigenvalue weighted by atomic mass is 14.9. The van der Waals surface area contributed by atoms with Crippen molar-refractivity contribution in [2.45, 2.75) is 31.2 Å². The van der Waals surface area contributed by atoms with Gasteiger partial charge in [-0.05, 0) is 24.5 Å². The van der Waals surface area contributed by atoms with E-state index < -0.39 is 0 Å². The Hall–Kier alpha value is -1.28. The van der Waals surface area contributed by atoms with Crippen LogP contribution in [0.2, 0.25) is 0 Å². The summed E-state index contributed by atoms with van der Waals surface area (Å²) in [6.07, 6.45) is 7.00. The Labute approximate surface area is 96.1 Å². The molecule has 2 heteroatoms. The smallest absolute Gasteiger partial charge is 0.0481 e. The second kappa shape index (κ2) is 3.36. The van der Waals surface area contributed by atoms with Gasteiger partial charge in [-0.15, -0.1) is 0 Å². The minimum Gasteiger partial charge on any atom is -0.350 e. The van der Waals surface area contributed by atoms with Crippen molar-refractivity contribution < 1.29 is 0 Å². The number of aromatic nitrogens is 1. The number of rotatable bonds is 1. The summed E-state index contributed by atoms with van der Waals surface area (Å²) < 4.78 is 2.19. The summed E-state index contributed by atoms with van der Waals surface area (Å²) in [5.41, 5.74) is 9.09. The lowest BCUT2D eigenvalue weighted by Crippen LogP contribution is -2.32. The number of hydrogen-bond acceptors (Lipinski definition) is 1. The standard InChI is InChI=1S/C14H18N2/c1-16-10-12(14(15)8-4-5-9-14)11-6-2-3-7-13(11)16/h2-3,6-7,10H,4-5,8-9,15H2,1H3. The van der Waals surface area contributed by atoms with Crippen molar-refractivity contribution in [3.63, 3.8) is 0 Å². The van der Waals surface area contributed by atoms with Crippen molar-refractivity contribution >= 4 is 10.9 Å². The molecule has 3 rings (SSSR count). The van der Waals surface area contributed by atoms with Gasteiger partial charge >= 0.3 is 0 Å². The van der Waals surface area contributed by atoms with Crippen molar-refractivity contribution in [3.8, 4) is 0 Å². The Balaban J connectivity index is 2.24. The van der Waals surface area contributed by atoms with Gasteiger partial charge in [-0.3, -0.25) is 0 Å². The highest BCUT2D eigenvalue weighted by Gasteiger charge is 2.33. The normalized spacial score (nSPS) is 19.4. The van der Waals surface area contributed by atoms with Crippen molar-refractivity contribution in [2.24, 2.45) is 12.8 Å². The molecule has 84 valence electrons. The summed E-state index contributed by atoms with van der Waals surface area (Å²) >= 11 is 0. The molecular weight excluding hydrogens is 196 g/mol. The van der Waals surface area contributed by atoms with Gasteiger partial charge in [-0.2, -0.15) is 0 Å². The van der Waals surface area contributed by atoms with Gasteiger partial charge in [0.05, 0.1) is 0 Å². The molecule has 1 heterocycles. The van der Waals surface area contributed by atoms with Crippen molar-refractivity contribution in [1.82, 2.24) is 4.57 Å². The molecular formula is C14H18N2. The Morgan fingerprint density at radius 3 is 2.62 bits per heavy atom. The number of para-hydroxylation sites is 1. The van der Waals surface area contributed by atoms with E-state index in [9.17, 15) is 0 Å². The lowest BCUT2D eigenvalue weighted by Gasteiger charge is -2.23. The molecule has 1 aromatic heterocycles. The minimum absolute atomic E-state index is 0.0825. The minimum atomic E-state index is -0.0825. The van der Waals surface area contributed by atoms with Crippen LogP contribution in [0.5, 0.6) is 0 Å². The zero-order valence-electron chi connectivity index (χ0n) is 9.74. The van der Waals surface area contributed by atoms with Gasteiger partial charge in [0.1, 0.15) is 0 Å². The van der Waals surface area contributed by atoms with Crippen LogP contribution in [0, 0.1) is 0 Å². The maximum atomic E-state index is 6.55. The van der Waals surface area contributed by atoms with Gasteiger partial charge in [-0.25, -0.2) is 0 Å². The topological polar surface area (TPSA) is 30.9 Å². The van der Waals surface area contributed by atoms with Crippen LogP contribution in [0.15, 0.2) is 30.5 Å². The summed E-state index contributed by atoms with van der Waals surface area (Å²) in [5, 5.41) is 1.33. The maximum Gasteiger partial charge on any atom is 0.0481 e. The SMILES string of the molecule is Cn1cc(C2(N)CCCC2)c2ccccc21. The highest BCUT2D eigenvalue weighted by Crippen LogP contribution is 2.39. The van der Waals surface area contributed by atoms with Crippen LogP contribution in [0.1, 0.15) is 31.2 Å². The zero-order chi connectivity index (χ0) is 11.2. The zero-order valence-corrected chi connectivity index (χ0v) is 9.74. The molecule has 0 saturated heterocycles. The maximum absolute atomic E-state index is 6.55. The van der Waals surface area contributed by atoms with Gasteiger partial charge in [-0.1, -0.05) is 31.0 Å². The van der Waals surface area contributed by atoms with E-state index in [1.54, 1.807) is 0 Å². The largest absolute Gasteiger partial charge is 0.350 e. The average molecular weight is 214 g/mol. The molecule has 0 unspecified atom stereocenters. The number of aryl methyl sites for hydroxylation is 1. The third-order valence-electron chi connectivity index (χ3n) is 3.93. The van der Waals surface area contributed by atoms with Crippen LogP contribution in [-0.2, 0) is 12.6 Å². The van der Waals surface area contributed by atoms with Crippen molar-refractivity contribution in [1.29, 1.82) is 0 Å². The third kappa shape index (κ3) is 1.30. The van der Waals surface area contributed by atoms with E-state index in [4.69, 9.17) is 5.73 Å². The summed E-state index contributed by atoms with van der Waals surface area (Å²) in [4.78, 5) is 0. The lowest BCUT2D eigenvalue weighted by molar-refractivity contribution is 0.464. The molecule has 2 nitrogen and oxygen atoms in total. The quantitative estimate of drug-likeness (QED) is 0.777. The lowest BCUT2D eigenvalue weighted by atomic mass is 9.89. The first kappa shape index (κ1) is 9.91. The number of fused-ring (bicyclic) bond motifs is 1. The molecule has 0 radical (unpaired) electrons. The fourth-order valence-electron chi connectivity index (χ4n) is 3.01. The van der Waals surface area contributed by atoms with Gasteiger partial charge in [0.15, 0.2) is 0 Å². The molecule has 0 atom stereocenters. The average Bonchev–Trinajstić information content (AvgIpc) is 2.86. The molecule has 16 heavy (non-hydrogen) atoms. The molecule has 0 amide bonds. The highest BCUT2D eigenvalue weighted by molar-refractivity contribution is 5.85. The van der Waals surface area contributed by atoms with E-state index in [1.807, 2.05) is 0 Å².